The average Bonchev–Trinajstić information content (AvgIpc) is 3.04. The van der Waals surface area contributed by atoms with E-state index in [0.717, 1.165) is 46.5 Å². The summed E-state index contributed by atoms with van der Waals surface area (Å²) in [5.41, 5.74) is 5.89. The van der Waals surface area contributed by atoms with Crippen LogP contribution >= 0.6 is 0 Å². The van der Waals surface area contributed by atoms with Crippen molar-refractivity contribution in [2.45, 2.75) is 47.5 Å². The topological polar surface area (TPSA) is 60.4 Å². The van der Waals surface area contributed by atoms with E-state index in [0.29, 0.717) is 11.1 Å². The third kappa shape index (κ3) is 9.45. The molecule has 0 aliphatic rings. The van der Waals surface area contributed by atoms with Gasteiger partial charge < -0.3 is 4.74 Å². The minimum atomic E-state index is -0.867. The molecule has 0 aliphatic carbocycles. The number of halogens is 4. The normalized spacial score (nSPS) is 11.1. The number of ketones is 2. The first-order valence-electron chi connectivity index (χ1n) is 14.8. The van der Waals surface area contributed by atoms with Crippen LogP contribution in [0, 0.1) is 23.3 Å². The second-order valence-electron chi connectivity index (χ2n) is 11.2. The maximum atomic E-state index is 13.7. The van der Waals surface area contributed by atoms with Crippen molar-refractivity contribution < 1.29 is 36.7 Å². The van der Waals surface area contributed by atoms with E-state index < -0.39 is 51.9 Å². The van der Waals surface area contributed by atoms with E-state index in [1.54, 1.807) is 38.1 Å². The van der Waals surface area contributed by atoms with Gasteiger partial charge in [0.2, 0.25) is 0 Å². The lowest BCUT2D eigenvalue weighted by molar-refractivity contribution is -0.135. The summed E-state index contributed by atoms with van der Waals surface area (Å²) in [5.74, 6) is -4.96. The van der Waals surface area contributed by atoms with Crippen molar-refractivity contribution >= 4 is 28.7 Å². The summed E-state index contributed by atoms with van der Waals surface area (Å²) >= 11 is 0. The average molecular weight is 645 g/mol. The number of Topliss-reactive ketones (excluding diaryl/α,β-unsaturated/α-hetero) is 2. The molecule has 0 fully saturated rings. The first-order valence-corrected chi connectivity index (χ1v) is 14.8. The number of hydrogen-bond donors (Lipinski definition) is 0. The van der Waals surface area contributed by atoms with Crippen LogP contribution in [0.2, 0.25) is 0 Å². The summed E-state index contributed by atoms with van der Waals surface area (Å²) in [6.45, 7) is 9.56. The largest absolute Gasteiger partial charge is 0.466 e. The molecule has 4 rings (SSSR count). The lowest BCUT2D eigenvalue weighted by Gasteiger charge is -2.08. The van der Waals surface area contributed by atoms with Gasteiger partial charge in [-0.15, -0.1) is 0 Å². The highest BCUT2D eigenvalue weighted by molar-refractivity contribution is 5.99. The Morgan fingerprint density at radius 1 is 0.532 bits per heavy atom. The van der Waals surface area contributed by atoms with Crippen LogP contribution in [-0.2, 0) is 22.4 Å². The number of allylic oxidation sites excluding steroid dienone is 3. The number of benzene rings is 4. The van der Waals surface area contributed by atoms with E-state index in [4.69, 9.17) is 0 Å². The van der Waals surface area contributed by atoms with Crippen LogP contribution in [0.25, 0.3) is 11.1 Å². The predicted molar refractivity (Wildman–Crippen MR) is 176 cm³/mol. The number of esters is 1. The Hall–Kier alpha value is -5.11. The number of rotatable bonds is 9. The molecule has 47 heavy (non-hydrogen) atoms. The van der Waals surface area contributed by atoms with Crippen LogP contribution in [0.3, 0.4) is 0 Å². The molecule has 0 atom stereocenters. The molecule has 0 radical (unpaired) electrons. The minimum absolute atomic E-state index is 0.0218. The zero-order valence-corrected chi connectivity index (χ0v) is 27.1. The Kier molecular flexibility index (Phi) is 12.7. The maximum absolute atomic E-state index is 13.7. The smallest absolute Gasteiger partial charge is 0.333 e. The van der Waals surface area contributed by atoms with Gasteiger partial charge in [-0.25, -0.2) is 22.4 Å². The van der Waals surface area contributed by atoms with Gasteiger partial charge in [0, 0.05) is 18.4 Å². The molecule has 4 nitrogen and oxygen atoms in total. The molecule has 0 aliphatic heterocycles. The molecule has 0 saturated carbocycles. The van der Waals surface area contributed by atoms with Gasteiger partial charge in [0.15, 0.2) is 11.6 Å². The summed E-state index contributed by atoms with van der Waals surface area (Å²) in [7, 11) is 1.32. The summed E-state index contributed by atoms with van der Waals surface area (Å²) < 4.78 is 59.2. The highest BCUT2D eigenvalue weighted by atomic mass is 19.1. The summed E-state index contributed by atoms with van der Waals surface area (Å²) in [6, 6.07) is 21.1. The van der Waals surface area contributed by atoms with Crippen molar-refractivity contribution in [2.24, 2.45) is 0 Å². The number of carbonyl (C=O) groups excluding carboxylic acids is 3. The quantitative estimate of drug-likeness (QED) is 0.0788. The van der Waals surface area contributed by atoms with Crippen LogP contribution in [-0.4, -0.2) is 24.6 Å². The minimum Gasteiger partial charge on any atom is -0.466 e. The van der Waals surface area contributed by atoms with Gasteiger partial charge in [-0.2, -0.15) is 0 Å². The van der Waals surface area contributed by atoms with Crippen LogP contribution in [0.1, 0.15) is 77.6 Å². The lowest BCUT2D eigenvalue weighted by Crippen LogP contribution is -2.09. The van der Waals surface area contributed by atoms with Crippen molar-refractivity contribution in [3.63, 3.8) is 0 Å². The number of hydrogen-bond acceptors (Lipinski definition) is 4. The fraction of sp³-hybridized carbons (Fsp3) is 0.205. The van der Waals surface area contributed by atoms with E-state index in [9.17, 15) is 31.9 Å². The standard InChI is InChI=1S/C20H18F2O3.C19H18F2O/c1-12(13(2)20(24)25-3)15-9-7-14(8-10-15)11-18(23)19-16(21)5-4-6-17(19)22;1-12(2)13(3)15-9-7-14(8-10-15)11-18(22)19-16(20)5-4-6-17(19)21/h4-10H,11H2,1-3H3;4-10H,11H2,1-3H3/b13-12+;. The Bertz CT molecular complexity index is 1790. The van der Waals surface area contributed by atoms with Gasteiger partial charge >= 0.3 is 5.97 Å². The van der Waals surface area contributed by atoms with E-state index in [1.807, 2.05) is 45.0 Å². The molecule has 0 unspecified atom stereocenters. The molecule has 4 aromatic rings. The van der Waals surface area contributed by atoms with Gasteiger partial charge in [0.25, 0.3) is 0 Å². The van der Waals surface area contributed by atoms with Crippen molar-refractivity contribution in [3.8, 4) is 0 Å². The molecular weight excluding hydrogens is 608 g/mol. The van der Waals surface area contributed by atoms with Gasteiger partial charge in [0.1, 0.15) is 23.3 Å². The first-order chi connectivity index (χ1) is 22.2. The lowest BCUT2D eigenvalue weighted by atomic mass is 9.98. The fourth-order valence-corrected chi connectivity index (χ4v) is 4.63. The molecule has 4 aromatic carbocycles. The molecule has 0 amide bonds. The van der Waals surface area contributed by atoms with Gasteiger partial charge in [0.05, 0.1) is 18.2 Å². The highest BCUT2D eigenvalue weighted by Gasteiger charge is 2.18. The highest BCUT2D eigenvalue weighted by Crippen LogP contribution is 2.22. The van der Waals surface area contributed by atoms with Crippen molar-refractivity contribution in [1.82, 2.24) is 0 Å². The van der Waals surface area contributed by atoms with Gasteiger partial charge in [-0.3, -0.25) is 9.59 Å². The maximum Gasteiger partial charge on any atom is 0.333 e. The predicted octanol–water partition coefficient (Wildman–Crippen LogP) is 9.56. The molecule has 0 spiro atoms. The zero-order valence-electron chi connectivity index (χ0n) is 27.1. The Morgan fingerprint density at radius 3 is 1.19 bits per heavy atom. The Morgan fingerprint density at radius 2 is 0.872 bits per heavy atom. The summed E-state index contributed by atoms with van der Waals surface area (Å²) in [5, 5.41) is 0. The molecule has 0 N–H and O–H groups in total. The van der Waals surface area contributed by atoms with Crippen molar-refractivity contribution in [2.75, 3.05) is 7.11 Å². The molecule has 0 saturated heterocycles. The molecule has 0 heterocycles. The molecular formula is C39H36F4O4. The van der Waals surface area contributed by atoms with Crippen LogP contribution in [0.5, 0.6) is 0 Å². The van der Waals surface area contributed by atoms with E-state index in [-0.39, 0.29) is 12.8 Å². The number of carbonyl (C=O) groups is 3. The van der Waals surface area contributed by atoms with E-state index in [1.165, 1.54) is 30.4 Å². The van der Waals surface area contributed by atoms with Crippen LogP contribution < -0.4 is 0 Å². The summed E-state index contributed by atoms with van der Waals surface area (Å²) in [4.78, 5) is 35.8. The van der Waals surface area contributed by atoms with Gasteiger partial charge in [-0.1, -0.05) is 66.2 Å². The number of ether oxygens (including phenoxy) is 1. The zero-order chi connectivity index (χ0) is 34.8. The Labute approximate surface area is 272 Å². The molecule has 8 heteroatoms. The SMILES string of the molecule is CC(C)=C(C)c1ccc(CC(=O)c2c(F)cccc2F)cc1.COC(=O)/C(C)=C(\C)c1ccc(CC(=O)c2c(F)cccc2F)cc1. The molecule has 0 aromatic heterocycles. The second kappa shape index (κ2) is 16.5. The second-order valence-corrected chi connectivity index (χ2v) is 11.2. The monoisotopic (exact) mass is 644 g/mol. The van der Waals surface area contributed by atoms with Crippen molar-refractivity contribution in [3.05, 3.63) is 153 Å². The fourth-order valence-electron chi connectivity index (χ4n) is 4.63. The van der Waals surface area contributed by atoms with Crippen LogP contribution in [0.4, 0.5) is 17.6 Å². The van der Waals surface area contributed by atoms with Crippen molar-refractivity contribution in [1.29, 1.82) is 0 Å². The van der Waals surface area contributed by atoms with Gasteiger partial charge in [-0.05, 0) is 92.3 Å². The molecule has 244 valence electrons. The third-order valence-electron chi connectivity index (χ3n) is 7.79. The number of methoxy groups -OCH3 is 1. The van der Waals surface area contributed by atoms with E-state index in [2.05, 4.69) is 4.74 Å². The molecule has 0 bridgehead atoms. The van der Waals surface area contributed by atoms with Crippen LogP contribution in [0.15, 0.2) is 96.1 Å². The summed E-state index contributed by atoms with van der Waals surface area (Å²) in [6.07, 6.45) is -0.136. The van der Waals surface area contributed by atoms with E-state index >= 15 is 0 Å². The Balaban J connectivity index is 0.000000257. The first kappa shape index (κ1) is 36.4. The third-order valence-corrected chi connectivity index (χ3v) is 7.79.